The van der Waals surface area contributed by atoms with E-state index in [4.69, 9.17) is 0 Å². The van der Waals surface area contributed by atoms with Crippen LogP contribution in [0.3, 0.4) is 0 Å². The van der Waals surface area contributed by atoms with E-state index in [2.05, 4.69) is 18.8 Å². The fourth-order valence-corrected chi connectivity index (χ4v) is 0.431. The van der Waals surface area contributed by atoms with Crippen molar-refractivity contribution in [3.05, 3.63) is 12.3 Å². The maximum absolute atomic E-state index is 4.05. The molecule has 0 aromatic carbocycles. The first-order valence-corrected chi connectivity index (χ1v) is 3.58. The van der Waals surface area contributed by atoms with Gasteiger partial charge in [0.25, 0.3) is 0 Å². The zero-order chi connectivity index (χ0) is 6.95. The third-order valence-corrected chi connectivity index (χ3v) is 0.950. The van der Waals surface area contributed by atoms with Gasteiger partial charge in [0.2, 0.25) is 0 Å². The molecule has 0 aliphatic rings. The molecule has 0 heterocycles. The molecule has 0 spiro atoms. The lowest BCUT2D eigenvalue weighted by atomic mass is 10.4. The van der Waals surface area contributed by atoms with E-state index in [0.29, 0.717) is 0 Å². The molecular weight excluding hydrogens is 110 g/mol. The molecule has 1 heteroatoms. The normalized spacial score (nSPS) is 11.8. The van der Waals surface area contributed by atoms with Crippen molar-refractivity contribution in [1.29, 1.82) is 0 Å². The van der Waals surface area contributed by atoms with Crippen LogP contribution in [0.25, 0.3) is 0 Å². The summed E-state index contributed by atoms with van der Waals surface area (Å²) in [7, 11) is 0. The van der Waals surface area contributed by atoms with Crippen LogP contribution in [0.15, 0.2) is 17.3 Å². The molecule has 0 saturated carbocycles. The standard InChI is InChI=1S/C8H15N/c1-3-5-7-9-8-6-4-2/h5,7-8H,3-4,6H2,1-2H3. The SMILES string of the molecule is CCC=CN=CCCC. The second kappa shape index (κ2) is 7.41. The molecule has 0 bridgehead atoms. The van der Waals surface area contributed by atoms with Crippen molar-refractivity contribution in [2.75, 3.05) is 0 Å². The molecule has 52 valence electrons. The van der Waals surface area contributed by atoms with Crippen LogP contribution >= 0.6 is 0 Å². The number of aliphatic imine (C=N–C) groups is 1. The Morgan fingerprint density at radius 3 is 2.67 bits per heavy atom. The van der Waals surface area contributed by atoms with Gasteiger partial charge in [0, 0.05) is 12.4 Å². The van der Waals surface area contributed by atoms with E-state index in [9.17, 15) is 0 Å². The molecule has 0 aliphatic heterocycles. The fourth-order valence-electron chi connectivity index (χ4n) is 0.431. The number of hydrogen-bond acceptors (Lipinski definition) is 1. The second-order valence-electron chi connectivity index (χ2n) is 1.91. The third-order valence-electron chi connectivity index (χ3n) is 0.950. The van der Waals surface area contributed by atoms with Crippen molar-refractivity contribution >= 4 is 6.21 Å². The number of unbranched alkanes of at least 4 members (excludes halogenated alkanes) is 1. The second-order valence-corrected chi connectivity index (χ2v) is 1.91. The van der Waals surface area contributed by atoms with Gasteiger partial charge in [0.15, 0.2) is 0 Å². The smallest absolute Gasteiger partial charge is 0.0223 e. The molecule has 0 aromatic rings. The average molecular weight is 125 g/mol. The molecule has 0 N–H and O–H groups in total. The molecule has 0 amide bonds. The lowest BCUT2D eigenvalue weighted by Crippen LogP contribution is -1.68. The Morgan fingerprint density at radius 1 is 1.33 bits per heavy atom. The number of hydrogen-bond donors (Lipinski definition) is 0. The quantitative estimate of drug-likeness (QED) is 0.512. The minimum absolute atomic E-state index is 1.07. The van der Waals surface area contributed by atoms with Gasteiger partial charge in [-0.1, -0.05) is 26.3 Å². The highest BCUT2D eigenvalue weighted by Gasteiger charge is 1.69. The van der Waals surface area contributed by atoms with E-state index in [1.165, 1.54) is 6.42 Å². The van der Waals surface area contributed by atoms with Crippen molar-refractivity contribution < 1.29 is 0 Å². The van der Waals surface area contributed by atoms with E-state index < -0.39 is 0 Å². The first-order chi connectivity index (χ1) is 4.41. The summed E-state index contributed by atoms with van der Waals surface area (Å²) in [6.45, 7) is 4.25. The molecule has 0 atom stereocenters. The van der Waals surface area contributed by atoms with Crippen molar-refractivity contribution in [2.24, 2.45) is 4.99 Å². The van der Waals surface area contributed by atoms with Crippen LogP contribution in [0.5, 0.6) is 0 Å². The van der Waals surface area contributed by atoms with Gasteiger partial charge in [0.1, 0.15) is 0 Å². The average Bonchev–Trinajstić information content (AvgIpc) is 1.89. The summed E-state index contributed by atoms with van der Waals surface area (Å²) in [5.41, 5.74) is 0. The summed E-state index contributed by atoms with van der Waals surface area (Å²) < 4.78 is 0. The molecule has 0 aromatic heterocycles. The van der Waals surface area contributed by atoms with Crippen molar-refractivity contribution in [2.45, 2.75) is 33.1 Å². The lowest BCUT2D eigenvalue weighted by molar-refractivity contribution is 1.01. The molecular formula is C8H15N. The number of rotatable bonds is 4. The van der Waals surface area contributed by atoms with E-state index >= 15 is 0 Å². The van der Waals surface area contributed by atoms with Gasteiger partial charge in [-0.2, -0.15) is 0 Å². The van der Waals surface area contributed by atoms with Gasteiger partial charge >= 0.3 is 0 Å². The van der Waals surface area contributed by atoms with Crippen LogP contribution in [0, 0.1) is 0 Å². The Hall–Kier alpha value is -0.590. The van der Waals surface area contributed by atoms with Crippen LogP contribution in [0.4, 0.5) is 0 Å². The molecule has 0 fully saturated rings. The minimum atomic E-state index is 1.07. The Bertz CT molecular complexity index is 92.7. The van der Waals surface area contributed by atoms with Gasteiger partial charge in [-0.3, -0.25) is 4.99 Å². The molecule has 0 unspecified atom stereocenters. The minimum Gasteiger partial charge on any atom is -0.269 e. The van der Waals surface area contributed by atoms with E-state index in [1.54, 1.807) is 0 Å². The van der Waals surface area contributed by atoms with Crippen molar-refractivity contribution in [3.63, 3.8) is 0 Å². The van der Waals surface area contributed by atoms with Gasteiger partial charge in [-0.15, -0.1) is 0 Å². The first-order valence-electron chi connectivity index (χ1n) is 3.58. The fraction of sp³-hybridized carbons (Fsp3) is 0.625. The van der Waals surface area contributed by atoms with Crippen LogP contribution in [-0.2, 0) is 0 Å². The van der Waals surface area contributed by atoms with Gasteiger partial charge in [0.05, 0.1) is 0 Å². The Morgan fingerprint density at radius 2 is 2.11 bits per heavy atom. The van der Waals surface area contributed by atoms with Gasteiger partial charge in [-0.05, 0) is 12.8 Å². The summed E-state index contributed by atoms with van der Waals surface area (Å²) >= 11 is 0. The Balaban J connectivity index is 3.13. The summed E-state index contributed by atoms with van der Waals surface area (Å²) in [6, 6.07) is 0. The van der Waals surface area contributed by atoms with Crippen molar-refractivity contribution in [1.82, 2.24) is 0 Å². The molecule has 1 nitrogen and oxygen atoms in total. The van der Waals surface area contributed by atoms with Crippen LogP contribution in [-0.4, -0.2) is 6.21 Å². The van der Waals surface area contributed by atoms with Gasteiger partial charge < -0.3 is 0 Å². The number of nitrogens with zero attached hydrogens (tertiary/aromatic N) is 1. The zero-order valence-corrected chi connectivity index (χ0v) is 6.30. The monoisotopic (exact) mass is 125 g/mol. The summed E-state index contributed by atoms with van der Waals surface area (Å²) in [5.74, 6) is 0. The Kier molecular flexibility index (Phi) is 6.92. The summed E-state index contributed by atoms with van der Waals surface area (Å²) in [6.07, 6.45) is 9.20. The maximum Gasteiger partial charge on any atom is 0.0223 e. The van der Waals surface area contributed by atoms with Crippen molar-refractivity contribution in [3.8, 4) is 0 Å². The predicted octanol–water partition coefficient (Wildman–Crippen LogP) is 2.78. The molecule has 0 rings (SSSR count). The summed E-state index contributed by atoms with van der Waals surface area (Å²) in [4.78, 5) is 4.05. The maximum atomic E-state index is 4.05. The predicted molar refractivity (Wildman–Crippen MR) is 42.8 cm³/mol. The first kappa shape index (κ1) is 8.41. The van der Waals surface area contributed by atoms with Gasteiger partial charge in [-0.25, -0.2) is 0 Å². The molecule has 0 radical (unpaired) electrons. The lowest BCUT2D eigenvalue weighted by Gasteiger charge is -1.79. The molecule has 0 aliphatic carbocycles. The van der Waals surface area contributed by atoms with E-state index in [1.807, 2.05) is 18.5 Å². The van der Waals surface area contributed by atoms with Crippen LogP contribution in [0.1, 0.15) is 33.1 Å². The highest BCUT2D eigenvalue weighted by molar-refractivity contribution is 5.57. The van der Waals surface area contributed by atoms with E-state index in [-0.39, 0.29) is 0 Å². The van der Waals surface area contributed by atoms with Crippen LogP contribution in [0.2, 0.25) is 0 Å². The topological polar surface area (TPSA) is 12.4 Å². The molecule has 9 heavy (non-hydrogen) atoms. The largest absolute Gasteiger partial charge is 0.269 e. The summed E-state index contributed by atoms with van der Waals surface area (Å²) in [5, 5.41) is 0. The van der Waals surface area contributed by atoms with Crippen LogP contribution < -0.4 is 0 Å². The number of allylic oxidation sites excluding steroid dienone is 1. The van der Waals surface area contributed by atoms with E-state index in [0.717, 1.165) is 12.8 Å². The highest BCUT2D eigenvalue weighted by atomic mass is 14.7. The zero-order valence-electron chi connectivity index (χ0n) is 6.30. The third kappa shape index (κ3) is 7.41. The molecule has 0 saturated heterocycles. The Labute approximate surface area is 57.5 Å². The highest BCUT2D eigenvalue weighted by Crippen LogP contribution is 1.83.